The summed E-state index contributed by atoms with van der Waals surface area (Å²) in [4.78, 5) is 0. The van der Waals surface area contributed by atoms with Gasteiger partial charge in [0.1, 0.15) is 9.26 Å². The third-order valence-electron chi connectivity index (χ3n) is 1.70. The molecule has 0 unspecified atom stereocenters. The Hall–Kier alpha value is -0.890. The third kappa shape index (κ3) is 1.12. The number of nitrogen functional groups attached to an aromatic ring is 4. The molecule has 0 aliphatic carbocycles. The summed E-state index contributed by atoms with van der Waals surface area (Å²) in [5, 5.41) is 0. The van der Waals surface area contributed by atoms with Crippen LogP contribution in [0.15, 0.2) is 0 Å². The molecule has 0 amide bonds. The average molecular weight is 280 g/mol. The van der Waals surface area contributed by atoms with E-state index in [0.29, 0.717) is 28.4 Å². The predicted octanol–water partition coefficient (Wildman–Crippen LogP) is -0.507. The average Bonchev–Trinajstić information content (AvgIpc) is 2.08. The highest BCUT2D eigenvalue weighted by Gasteiger charge is 2.15. The summed E-state index contributed by atoms with van der Waals surface area (Å²) in [7, 11) is 0. The molecule has 0 heterocycles. The van der Waals surface area contributed by atoms with E-state index in [2.05, 4.69) is 5.73 Å². The first kappa shape index (κ1) is 9.20. The van der Waals surface area contributed by atoms with Crippen molar-refractivity contribution in [3.05, 3.63) is 3.57 Å². The second-order valence-corrected chi connectivity index (χ2v) is 3.53. The Labute approximate surface area is 83.4 Å². The van der Waals surface area contributed by atoms with Crippen LogP contribution < -0.4 is 28.7 Å². The zero-order valence-corrected chi connectivity index (χ0v) is 8.55. The lowest BCUT2D eigenvalue weighted by molar-refractivity contribution is -0.254. The molecule has 1 aromatic rings. The molecule has 5 nitrogen and oxygen atoms in total. The normalized spacial score (nSPS) is 10.2. The molecule has 6 heteroatoms. The van der Waals surface area contributed by atoms with Crippen LogP contribution in [-0.2, 0) is 0 Å². The SMILES string of the molecule is Nc1c(N)c(N)c(I)c([NH3+])c1N. The van der Waals surface area contributed by atoms with E-state index in [1.165, 1.54) is 0 Å². The smallest absolute Gasteiger partial charge is 0.169 e. The fraction of sp³-hybridized carbons (Fsp3) is 0. The number of anilines is 4. The second kappa shape index (κ2) is 2.87. The molecule has 0 aliphatic heterocycles. The van der Waals surface area contributed by atoms with Gasteiger partial charge in [-0.3, -0.25) is 0 Å². The van der Waals surface area contributed by atoms with E-state index in [1.54, 1.807) is 0 Å². The van der Waals surface area contributed by atoms with E-state index in [-0.39, 0.29) is 0 Å². The molecule has 0 fully saturated rings. The summed E-state index contributed by atoms with van der Waals surface area (Å²) in [5.41, 5.74) is 28.3. The van der Waals surface area contributed by atoms with Crippen molar-refractivity contribution in [2.75, 3.05) is 22.9 Å². The Kier molecular flexibility index (Phi) is 2.20. The number of quaternary nitrogens is 1. The van der Waals surface area contributed by atoms with Crippen LogP contribution in [0, 0.1) is 3.57 Å². The van der Waals surface area contributed by atoms with Crippen molar-refractivity contribution in [2.24, 2.45) is 0 Å². The molecule has 1 aromatic carbocycles. The number of nitrogens with two attached hydrogens (primary N) is 4. The lowest BCUT2D eigenvalue weighted by Gasteiger charge is -2.10. The van der Waals surface area contributed by atoms with Gasteiger partial charge in [-0.15, -0.1) is 0 Å². The van der Waals surface area contributed by atoms with Crippen molar-refractivity contribution in [1.29, 1.82) is 0 Å². The van der Waals surface area contributed by atoms with Gasteiger partial charge in [-0.25, -0.2) is 0 Å². The molecule has 0 aromatic heterocycles. The van der Waals surface area contributed by atoms with Crippen molar-refractivity contribution in [3.8, 4) is 0 Å². The maximum atomic E-state index is 5.64. The van der Waals surface area contributed by atoms with Gasteiger partial charge in [-0.2, -0.15) is 0 Å². The molecule has 11 N–H and O–H groups in total. The van der Waals surface area contributed by atoms with Crippen LogP contribution in [0.3, 0.4) is 0 Å². The summed E-state index contributed by atoms with van der Waals surface area (Å²) in [6, 6.07) is 0. The van der Waals surface area contributed by atoms with Crippen LogP contribution in [0.1, 0.15) is 0 Å². The van der Waals surface area contributed by atoms with Gasteiger partial charge in [0.05, 0.1) is 17.1 Å². The van der Waals surface area contributed by atoms with Crippen molar-refractivity contribution in [1.82, 2.24) is 0 Å². The molecule has 66 valence electrons. The fourth-order valence-electron chi connectivity index (χ4n) is 0.852. The van der Waals surface area contributed by atoms with Crippen molar-refractivity contribution in [2.45, 2.75) is 0 Å². The van der Waals surface area contributed by atoms with Gasteiger partial charge >= 0.3 is 0 Å². The molecule has 0 aliphatic rings. The lowest BCUT2D eigenvalue weighted by Crippen LogP contribution is -2.42. The number of rotatable bonds is 0. The molecule has 12 heavy (non-hydrogen) atoms. The van der Waals surface area contributed by atoms with Crippen LogP contribution in [0.25, 0.3) is 0 Å². The molecule has 0 saturated heterocycles. The number of halogens is 1. The van der Waals surface area contributed by atoms with Crippen LogP contribution in [0.2, 0.25) is 0 Å². The summed E-state index contributed by atoms with van der Waals surface area (Å²) < 4.78 is 0.761. The van der Waals surface area contributed by atoms with Crippen molar-refractivity contribution in [3.63, 3.8) is 0 Å². The Balaban J connectivity index is 3.60. The van der Waals surface area contributed by atoms with E-state index in [9.17, 15) is 0 Å². The van der Waals surface area contributed by atoms with Crippen LogP contribution in [0.4, 0.5) is 28.4 Å². The van der Waals surface area contributed by atoms with Crippen molar-refractivity contribution < 1.29 is 5.73 Å². The Morgan fingerprint density at radius 3 is 1.75 bits per heavy atom. The van der Waals surface area contributed by atoms with E-state index >= 15 is 0 Å². The topological polar surface area (TPSA) is 132 Å². The van der Waals surface area contributed by atoms with Gasteiger partial charge in [0.2, 0.25) is 0 Å². The summed E-state index contributed by atoms with van der Waals surface area (Å²) >= 11 is 2.03. The zero-order chi connectivity index (χ0) is 9.46. The van der Waals surface area contributed by atoms with E-state index in [0.717, 1.165) is 3.57 Å². The first-order valence-electron chi connectivity index (χ1n) is 3.20. The molecule has 0 spiro atoms. The maximum absolute atomic E-state index is 5.64. The predicted molar refractivity (Wildman–Crippen MR) is 59.4 cm³/mol. The van der Waals surface area contributed by atoms with Crippen LogP contribution in [0.5, 0.6) is 0 Å². The van der Waals surface area contributed by atoms with Gasteiger partial charge in [0.25, 0.3) is 0 Å². The monoisotopic (exact) mass is 280 g/mol. The van der Waals surface area contributed by atoms with E-state index in [1.807, 2.05) is 22.6 Å². The van der Waals surface area contributed by atoms with Gasteiger partial charge < -0.3 is 28.7 Å². The third-order valence-corrected chi connectivity index (χ3v) is 2.93. The minimum atomic E-state index is 0.318. The van der Waals surface area contributed by atoms with E-state index < -0.39 is 0 Å². The first-order valence-corrected chi connectivity index (χ1v) is 4.28. The molecule has 1 rings (SSSR count). The Morgan fingerprint density at radius 2 is 1.25 bits per heavy atom. The highest BCUT2D eigenvalue weighted by molar-refractivity contribution is 14.1. The largest absolute Gasteiger partial charge is 0.396 e. The van der Waals surface area contributed by atoms with Gasteiger partial charge in [-0.1, -0.05) is 0 Å². The summed E-state index contributed by atoms with van der Waals surface area (Å²) in [6.45, 7) is 0. The van der Waals surface area contributed by atoms with Gasteiger partial charge in [0.15, 0.2) is 5.69 Å². The van der Waals surface area contributed by atoms with Crippen LogP contribution in [-0.4, -0.2) is 0 Å². The fourth-order valence-corrected chi connectivity index (χ4v) is 1.43. The molecule has 0 radical (unpaired) electrons. The van der Waals surface area contributed by atoms with Crippen LogP contribution >= 0.6 is 22.6 Å². The van der Waals surface area contributed by atoms with Crippen molar-refractivity contribution >= 4 is 51.0 Å². The molecule has 0 bridgehead atoms. The minimum absolute atomic E-state index is 0.318. The Morgan fingerprint density at radius 1 is 0.833 bits per heavy atom. The van der Waals surface area contributed by atoms with Gasteiger partial charge in [0, 0.05) is 0 Å². The molecule has 0 atom stereocenters. The van der Waals surface area contributed by atoms with E-state index in [4.69, 9.17) is 22.9 Å². The quantitative estimate of drug-likeness (QED) is 0.323. The lowest BCUT2D eigenvalue weighted by atomic mass is 10.2. The maximum Gasteiger partial charge on any atom is 0.169 e. The summed E-state index contributed by atoms with van der Waals surface area (Å²) in [5.74, 6) is 0. The number of hydrogen-bond acceptors (Lipinski definition) is 4. The zero-order valence-electron chi connectivity index (χ0n) is 6.39. The minimum Gasteiger partial charge on any atom is -0.396 e. The number of benzene rings is 1. The van der Waals surface area contributed by atoms with Gasteiger partial charge in [-0.05, 0) is 22.6 Å². The Bertz CT molecular complexity index is 230. The first-order chi connectivity index (χ1) is 5.46. The second-order valence-electron chi connectivity index (χ2n) is 2.45. The highest BCUT2D eigenvalue weighted by Crippen LogP contribution is 2.37. The molecular formula is C6H11IN5+. The summed E-state index contributed by atoms with van der Waals surface area (Å²) in [6.07, 6.45) is 0. The molecular weight excluding hydrogens is 269 g/mol. The standard InChI is InChI=1S/C6H10IN5/c7-1-2(8)4(10)6(12)5(11)3(1)9/h8-12H2/p+1. The number of hydrogen-bond donors (Lipinski definition) is 5. The molecule has 0 saturated carbocycles. The highest BCUT2D eigenvalue weighted by atomic mass is 127.